The molecule has 2 aromatic rings. The zero-order valence-electron chi connectivity index (χ0n) is 12.4. The number of benzene rings is 1. The van der Waals surface area contributed by atoms with E-state index in [1.165, 1.54) is 5.56 Å². The minimum Gasteiger partial charge on any atom is -0.493 e. The molecular formula is C18H19NO3. The molecule has 1 aliphatic heterocycles. The summed E-state index contributed by atoms with van der Waals surface area (Å²) >= 11 is 0. The molecule has 2 heterocycles. The molecule has 0 unspecified atom stereocenters. The number of hydrogen-bond donors (Lipinski definition) is 1. The number of carbonyl (C=O) groups is 1. The van der Waals surface area contributed by atoms with Crippen LogP contribution in [0.1, 0.15) is 41.3 Å². The first-order valence-corrected chi connectivity index (χ1v) is 7.90. The number of hydrogen-bond acceptors (Lipinski definition) is 3. The van der Waals surface area contributed by atoms with E-state index in [1.54, 1.807) is 6.26 Å². The molecule has 0 spiro atoms. The molecule has 1 atom stereocenters. The highest BCUT2D eigenvalue weighted by atomic mass is 16.5. The van der Waals surface area contributed by atoms with Crippen LogP contribution in [-0.2, 0) is 24.1 Å². The standard InChI is InChI=1S/C18H19NO3/c20-18(11-12-4-5-16-13(10-12)6-8-21-16)19-15-2-1-3-17-14(15)7-9-22-17/h4-5,7,9-10,15H,1-3,6,8,11H2,(H,19,20)/t15-/m1/s1. The zero-order chi connectivity index (χ0) is 14.9. The van der Waals surface area contributed by atoms with Crippen molar-refractivity contribution in [2.24, 2.45) is 0 Å². The Bertz CT molecular complexity index is 704. The van der Waals surface area contributed by atoms with Gasteiger partial charge in [-0.1, -0.05) is 12.1 Å². The maximum Gasteiger partial charge on any atom is 0.224 e. The number of nitrogens with one attached hydrogen (secondary N) is 1. The molecule has 4 nitrogen and oxygen atoms in total. The van der Waals surface area contributed by atoms with Crippen molar-refractivity contribution in [3.63, 3.8) is 0 Å². The summed E-state index contributed by atoms with van der Waals surface area (Å²) in [4.78, 5) is 12.3. The van der Waals surface area contributed by atoms with Gasteiger partial charge in [0.05, 0.1) is 25.3 Å². The lowest BCUT2D eigenvalue weighted by Gasteiger charge is -2.22. The molecular weight excluding hydrogens is 278 g/mol. The van der Waals surface area contributed by atoms with E-state index in [9.17, 15) is 4.79 Å². The fraction of sp³-hybridized carbons (Fsp3) is 0.389. The molecule has 0 radical (unpaired) electrons. The molecule has 1 N–H and O–H groups in total. The maximum absolute atomic E-state index is 12.3. The minimum atomic E-state index is 0.0675. The molecule has 1 aromatic carbocycles. The van der Waals surface area contributed by atoms with Crippen LogP contribution in [0.4, 0.5) is 0 Å². The number of aryl methyl sites for hydroxylation is 1. The van der Waals surface area contributed by atoms with E-state index < -0.39 is 0 Å². The van der Waals surface area contributed by atoms with Crippen molar-refractivity contribution in [2.75, 3.05) is 6.61 Å². The molecule has 22 heavy (non-hydrogen) atoms. The first-order chi connectivity index (χ1) is 10.8. The summed E-state index contributed by atoms with van der Waals surface area (Å²) in [5.74, 6) is 2.05. The van der Waals surface area contributed by atoms with Crippen molar-refractivity contribution >= 4 is 5.91 Å². The number of rotatable bonds is 3. The average Bonchev–Trinajstić information content (AvgIpc) is 3.15. The van der Waals surface area contributed by atoms with Gasteiger partial charge >= 0.3 is 0 Å². The van der Waals surface area contributed by atoms with Gasteiger partial charge in [0.1, 0.15) is 11.5 Å². The lowest BCUT2D eigenvalue weighted by molar-refractivity contribution is -0.121. The van der Waals surface area contributed by atoms with Crippen molar-refractivity contribution in [1.29, 1.82) is 0 Å². The third-order valence-corrected chi connectivity index (χ3v) is 4.51. The molecule has 0 saturated carbocycles. The second kappa shape index (κ2) is 5.52. The van der Waals surface area contributed by atoms with Crippen LogP contribution in [-0.4, -0.2) is 12.5 Å². The molecule has 114 valence electrons. The van der Waals surface area contributed by atoms with Crippen LogP contribution in [0.5, 0.6) is 5.75 Å². The Morgan fingerprint density at radius 2 is 2.23 bits per heavy atom. The average molecular weight is 297 g/mol. The molecule has 2 aliphatic rings. The van der Waals surface area contributed by atoms with E-state index in [1.807, 2.05) is 18.2 Å². The van der Waals surface area contributed by atoms with Gasteiger partial charge in [-0.05, 0) is 36.1 Å². The van der Waals surface area contributed by atoms with Gasteiger partial charge in [-0.15, -0.1) is 0 Å². The molecule has 1 aliphatic carbocycles. The van der Waals surface area contributed by atoms with Crippen molar-refractivity contribution in [1.82, 2.24) is 5.32 Å². The summed E-state index contributed by atoms with van der Waals surface area (Å²) < 4.78 is 11.0. The fourth-order valence-electron chi connectivity index (χ4n) is 3.42. The van der Waals surface area contributed by atoms with Crippen LogP contribution in [0, 0.1) is 0 Å². The van der Waals surface area contributed by atoms with Gasteiger partial charge in [-0.2, -0.15) is 0 Å². The Hall–Kier alpha value is -2.23. The third-order valence-electron chi connectivity index (χ3n) is 4.51. The van der Waals surface area contributed by atoms with Crippen LogP contribution in [0.2, 0.25) is 0 Å². The minimum absolute atomic E-state index is 0.0675. The third kappa shape index (κ3) is 2.49. The van der Waals surface area contributed by atoms with Crippen molar-refractivity contribution in [3.8, 4) is 5.75 Å². The summed E-state index contributed by atoms with van der Waals surface area (Å²) in [6.07, 6.45) is 6.08. The first kappa shape index (κ1) is 13.4. The number of carbonyl (C=O) groups excluding carboxylic acids is 1. The molecule has 1 amide bonds. The first-order valence-electron chi connectivity index (χ1n) is 7.90. The largest absolute Gasteiger partial charge is 0.493 e. The number of furan rings is 1. The van der Waals surface area contributed by atoms with Crippen LogP contribution in [0.3, 0.4) is 0 Å². The quantitative estimate of drug-likeness (QED) is 0.947. The van der Waals surface area contributed by atoms with Gasteiger partial charge in [0.25, 0.3) is 0 Å². The van der Waals surface area contributed by atoms with Gasteiger partial charge < -0.3 is 14.5 Å². The molecule has 0 bridgehead atoms. The van der Waals surface area contributed by atoms with E-state index >= 15 is 0 Å². The second-order valence-electron chi connectivity index (χ2n) is 6.03. The summed E-state index contributed by atoms with van der Waals surface area (Å²) in [7, 11) is 0. The fourth-order valence-corrected chi connectivity index (χ4v) is 3.42. The van der Waals surface area contributed by atoms with Crippen molar-refractivity contribution < 1.29 is 13.9 Å². The summed E-state index contributed by atoms with van der Waals surface area (Å²) in [6, 6.07) is 8.11. The van der Waals surface area contributed by atoms with E-state index in [0.29, 0.717) is 6.42 Å². The Morgan fingerprint density at radius 3 is 3.18 bits per heavy atom. The van der Waals surface area contributed by atoms with Gasteiger partial charge in [0.15, 0.2) is 0 Å². The highest BCUT2D eigenvalue weighted by Gasteiger charge is 2.24. The highest BCUT2D eigenvalue weighted by Crippen LogP contribution is 2.30. The van der Waals surface area contributed by atoms with Crippen LogP contribution < -0.4 is 10.1 Å². The Kier molecular flexibility index (Phi) is 3.37. The normalized spacial score (nSPS) is 19.2. The zero-order valence-corrected chi connectivity index (χ0v) is 12.4. The van der Waals surface area contributed by atoms with Crippen LogP contribution in [0.25, 0.3) is 0 Å². The topological polar surface area (TPSA) is 51.5 Å². The van der Waals surface area contributed by atoms with Gasteiger partial charge in [-0.25, -0.2) is 0 Å². The van der Waals surface area contributed by atoms with Gasteiger partial charge in [-0.3, -0.25) is 4.79 Å². The van der Waals surface area contributed by atoms with Gasteiger partial charge in [0.2, 0.25) is 5.91 Å². The number of ether oxygens (including phenoxy) is 1. The number of amides is 1. The van der Waals surface area contributed by atoms with Crippen LogP contribution in [0.15, 0.2) is 34.9 Å². The smallest absolute Gasteiger partial charge is 0.224 e. The summed E-state index contributed by atoms with van der Waals surface area (Å²) in [6.45, 7) is 0.746. The molecule has 1 aromatic heterocycles. The van der Waals surface area contributed by atoms with E-state index in [-0.39, 0.29) is 11.9 Å². The van der Waals surface area contributed by atoms with E-state index in [0.717, 1.165) is 54.9 Å². The SMILES string of the molecule is O=C(Cc1ccc2c(c1)CCO2)N[C@@H]1CCCc2occc21. The predicted molar refractivity (Wildman–Crippen MR) is 81.9 cm³/mol. The highest BCUT2D eigenvalue weighted by molar-refractivity contribution is 5.79. The molecule has 4 rings (SSSR count). The monoisotopic (exact) mass is 297 g/mol. The van der Waals surface area contributed by atoms with Crippen molar-refractivity contribution in [3.05, 3.63) is 53.0 Å². The van der Waals surface area contributed by atoms with E-state index in [2.05, 4.69) is 11.4 Å². The van der Waals surface area contributed by atoms with Crippen molar-refractivity contribution in [2.45, 2.75) is 38.1 Å². The lowest BCUT2D eigenvalue weighted by atomic mass is 9.93. The predicted octanol–water partition coefficient (Wildman–Crippen LogP) is 2.95. The number of fused-ring (bicyclic) bond motifs is 2. The molecule has 0 saturated heterocycles. The van der Waals surface area contributed by atoms with Crippen LogP contribution >= 0.6 is 0 Å². The molecule has 0 fully saturated rings. The van der Waals surface area contributed by atoms with Gasteiger partial charge in [0, 0.05) is 18.4 Å². The Labute approximate surface area is 129 Å². The maximum atomic E-state index is 12.3. The lowest BCUT2D eigenvalue weighted by Crippen LogP contribution is -2.31. The Morgan fingerprint density at radius 1 is 1.27 bits per heavy atom. The summed E-state index contributed by atoms with van der Waals surface area (Å²) in [5, 5.41) is 3.15. The second-order valence-corrected chi connectivity index (χ2v) is 6.03. The van der Waals surface area contributed by atoms with E-state index in [4.69, 9.17) is 9.15 Å². The molecule has 4 heteroatoms. The summed E-state index contributed by atoms with van der Waals surface area (Å²) in [5.41, 5.74) is 3.40. The Balaban J connectivity index is 1.43.